The van der Waals surface area contributed by atoms with Crippen LogP contribution in [0, 0.1) is 0 Å². The van der Waals surface area contributed by atoms with Crippen LogP contribution in [0.5, 0.6) is 0 Å². The van der Waals surface area contributed by atoms with E-state index in [0.717, 1.165) is 0 Å². The van der Waals surface area contributed by atoms with Gasteiger partial charge in [0.1, 0.15) is 0 Å². The van der Waals surface area contributed by atoms with Crippen LogP contribution in [-0.4, -0.2) is 32.1 Å². The monoisotopic (exact) mass is 265 g/mol. The van der Waals surface area contributed by atoms with Crippen molar-refractivity contribution >= 4 is 32.1 Å². The molecule has 0 atom stereocenters. The molecule has 0 amide bonds. The lowest BCUT2D eigenvalue weighted by molar-refractivity contribution is -0.133. The average Bonchev–Trinajstić information content (AvgIpc) is 1.73. The molecule has 0 aromatic heterocycles. The van der Waals surface area contributed by atoms with Gasteiger partial charge in [-0.05, 0) is 39.3 Å². The van der Waals surface area contributed by atoms with Crippen molar-refractivity contribution in [3.05, 3.63) is 0 Å². The third-order valence-electron chi connectivity index (χ3n) is 1.33. The fraction of sp³-hybridized carbons (Fsp3) is 0.875. The molecule has 0 aliphatic rings. The summed E-state index contributed by atoms with van der Waals surface area (Å²) < 4.78 is 16.9. The first kappa shape index (κ1) is 15.0. The van der Waals surface area contributed by atoms with E-state index in [1.54, 1.807) is 0 Å². The third kappa shape index (κ3) is 7.91. The number of hydrogen-bond donors (Lipinski definition) is 0. The third-order valence-corrected chi connectivity index (χ3v) is 9.64. The molecule has 0 aliphatic carbocycles. The van der Waals surface area contributed by atoms with Gasteiger partial charge in [0.25, 0.3) is 5.97 Å². The molecular formula is C8H21O4Si3. The Morgan fingerprint density at radius 1 is 1.07 bits per heavy atom. The molecule has 1 radical (unpaired) electrons. The molecule has 0 heterocycles. The van der Waals surface area contributed by atoms with Crippen molar-refractivity contribution < 1.29 is 17.5 Å². The summed E-state index contributed by atoms with van der Waals surface area (Å²) in [5.41, 5.74) is 0. The first-order valence-corrected chi connectivity index (χ1v) is 13.0. The fourth-order valence-electron chi connectivity index (χ4n) is 1.47. The maximum Gasteiger partial charge on any atom is 0.386 e. The number of rotatable bonds is 5. The summed E-state index contributed by atoms with van der Waals surface area (Å²) in [6, 6.07) is 0. The topological polar surface area (TPSA) is 44.8 Å². The molecule has 0 saturated carbocycles. The minimum absolute atomic E-state index is 0.282. The molecule has 89 valence electrons. The van der Waals surface area contributed by atoms with Gasteiger partial charge in [0, 0.05) is 6.92 Å². The molecule has 0 aromatic rings. The summed E-state index contributed by atoms with van der Waals surface area (Å²) in [6.07, 6.45) is 0. The molecule has 0 aromatic carbocycles. The Morgan fingerprint density at radius 3 is 1.87 bits per heavy atom. The van der Waals surface area contributed by atoms with Crippen molar-refractivity contribution in [2.75, 3.05) is 0 Å². The van der Waals surface area contributed by atoms with E-state index in [4.69, 9.17) is 12.7 Å². The van der Waals surface area contributed by atoms with Crippen LogP contribution >= 0.6 is 0 Å². The second-order valence-corrected chi connectivity index (χ2v) is 13.8. The lowest BCUT2D eigenvalue weighted by atomic mass is 10.9. The van der Waals surface area contributed by atoms with E-state index in [1.165, 1.54) is 6.92 Å². The van der Waals surface area contributed by atoms with Crippen LogP contribution in [-0.2, 0) is 17.5 Å². The zero-order valence-electron chi connectivity index (χ0n) is 10.6. The lowest BCUT2D eigenvalue weighted by Gasteiger charge is -2.33. The highest BCUT2D eigenvalue weighted by Gasteiger charge is 2.38. The molecule has 0 bridgehead atoms. The molecule has 0 rings (SSSR count). The van der Waals surface area contributed by atoms with E-state index in [0.29, 0.717) is 0 Å². The predicted molar refractivity (Wildman–Crippen MR) is 66.4 cm³/mol. The maximum absolute atomic E-state index is 10.9. The summed E-state index contributed by atoms with van der Waals surface area (Å²) >= 11 is 0. The Morgan fingerprint density at radius 2 is 1.53 bits per heavy atom. The standard InChI is InChI=1S/C8H21O4Si3/c1-8(9)10-14(4,5)12-15(6,7)11-13(2)3/h1-7H3. The van der Waals surface area contributed by atoms with Gasteiger partial charge in [-0.25, -0.2) is 0 Å². The summed E-state index contributed by atoms with van der Waals surface area (Å²) in [5.74, 6) is -0.282. The molecule has 4 nitrogen and oxygen atoms in total. The van der Waals surface area contributed by atoms with Crippen molar-refractivity contribution in [3.63, 3.8) is 0 Å². The molecule has 0 spiro atoms. The average molecular weight is 266 g/mol. The minimum atomic E-state index is -2.37. The van der Waals surface area contributed by atoms with Gasteiger partial charge in [-0.1, -0.05) is 0 Å². The number of carbonyl (C=O) groups is 1. The van der Waals surface area contributed by atoms with Crippen molar-refractivity contribution in [2.45, 2.75) is 46.2 Å². The van der Waals surface area contributed by atoms with Gasteiger partial charge in [-0.2, -0.15) is 0 Å². The SMILES string of the molecule is CC(=O)O[Si](C)(C)O[Si](C)(C)O[Si](C)C. The second kappa shape index (κ2) is 5.39. The molecule has 0 aliphatic heterocycles. The van der Waals surface area contributed by atoms with Gasteiger partial charge in [0.05, 0.1) is 0 Å². The quantitative estimate of drug-likeness (QED) is 0.715. The Balaban J connectivity index is 4.35. The maximum atomic E-state index is 10.9. The van der Waals surface area contributed by atoms with E-state index in [9.17, 15) is 4.79 Å². The first-order valence-electron chi connectivity index (χ1n) is 4.93. The van der Waals surface area contributed by atoms with Crippen LogP contribution in [0.2, 0.25) is 39.3 Å². The molecule has 0 unspecified atom stereocenters. The number of carbonyl (C=O) groups excluding carboxylic acids is 1. The van der Waals surface area contributed by atoms with Gasteiger partial charge >= 0.3 is 17.1 Å². The predicted octanol–water partition coefficient (Wildman–Crippen LogP) is 2.24. The zero-order chi connectivity index (χ0) is 12.3. The Hall–Kier alpha value is 0.0406. The van der Waals surface area contributed by atoms with Crippen LogP contribution in [0.25, 0.3) is 0 Å². The second-order valence-electron chi connectivity index (χ2n) is 4.51. The van der Waals surface area contributed by atoms with Crippen LogP contribution < -0.4 is 0 Å². The van der Waals surface area contributed by atoms with Gasteiger partial charge in [0.2, 0.25) is 0 Å². The van der Waals surface area contributed by atoms with Crippen LogP contribution in [0.4, 0.5) is 0 Å². The highest BCUT2D eigenvalue weighted by molar-refractivity contribution is 6.82. The minimum Gasteiger partial charge on any atom is -0.495 e. The fourth-order valence-corrected chi connectivity index (χ4v) is 11.5. The molecule has 0 N–H and O–H groups in total. The normalized spacial score (nSPS) is 13.1. The molecular weight excluding hydrogens is 244 g/mol. The van der Waals surface area contributed by atoms with E-state index < -0.39 is 26.2 Å². The van der Waals surface area contributed by atoms with Gasteiger partial charge in [0.15, 0.2) is 9.04 Å². The van der Waals surface area contributed by atoms with Gasteiger partial charge in [-0.3, -0.25) is 4.79 Å². The number of hydrogen-bond acceptors (Lipinski definition) is 4. The van der Waals surface area contributed by atoms with Gasteiger partial charge < -0.3 is 12.7 Å². The highest BCUT2D eigenvalue weighted by atomic mass is 28.5. The Labute approximate surface area is 96.2 Å². The summed E-state index contributed by atoms with van der Waals surface area (Å²) in [4.78, 5) is 10.9. The summed E-state index contributed by atoms with van der Waals surface area (Å²) in [5, 5.41) is 0. The smallest absolute Gasteiger partial charge is 0.386 e. The largest absolute Gasteiger partial charge is 0.495 e. The molecule has 7 heteroatoms. The van der Waals surface area contributed by atoms with Crippen molar-refractivity contribution in [1.29, 1.82) is 0 Å². The van der Waals surface area contributed by atoms with E-state index in [-0.39, 0.29) is 5.97 Å². The van der Waals surface area contributed by atoms with Crippen molar-refractivity contribution in [3.8, 4) is 0 Å². The first-order chi connectivity index (χ1) is 6.54. The van der Waals surface area contributed by atoms with Crippen LogP contribution in [0.3, 0.4) is 0 Å². The Bertz CT molecular complexity index is 228. The lowest BCUT2D eigenvalue weighted by Crippen LogP contribution is -2.50. The van der Waals surface area contributed by atoms with Crippen LogP contribution in [0.1, 0.15) is 6.92 Å². The Kier molecular flexibility index (Phi) is 5.41. The van der Waals surface area contributed by atoms with E-state index in [1.807, 2.05) is 26.2 Å². The van der Waals surface area contributed by atoms with Crippen LogP contribution in [0.15, 0.2) is 0 Å². The molecule has 0 fully saturated rings. The van der Waals surface area contributed by atoms with Crippen molar-refractivity contribution in [2.24, 2.45) is 0 Å². The summed E-state index contributed by atoms with van der Waals surface area (Å²) in [6.45, 7) is 13.3. The summed E-state index contributed by atoms with van der Waals surface area (Å²) in [7, 11) is -5.28. The van der Waals surface area contributed by atoms with Gasteiger partial charge in [-0.15, -0.1) is 0 Å². The van der Waals surface area contributed by atoms with Crippen molar-refractivity contribution in [1.82, 2.24) is 0 Å². The molecule has 15 heavy (non-hydrogen) atoms. The molecule has 0 saturated heterocycles. The van der Waals surface area contributed by atoms with E-state index >= 15 is 0 Å². The van der Waals surface area contributed by atoms with E-state index in [2.05, 4.69) is 13.1 Å². The zero-order valence-corrected chi connectivity index (χ0v) is 13.6. The highest BCUT2D eigenvalue weighted by Crippen LogP contribution is 2.17.